The number of carbonyl (C=O) groups excluding carboxylic acids is 1. The Morgan fingerprint density at radius 3 is 2.68 bits per heavy atom. The summed E-state index contributed by atoms with van der Waals surface area (Å²) in [6.07, 6.45) is 4.40. The van der Waals surface area contributed by atoms with Gasteiger partial charge < -0.3 is 15.7 Å². The zero-order valence-electron chi connectivity index (χ0n) is 13.7. The topological polar surface area (TPSA) is 61.4 Å². The second-order valence-corrected chi connectivity index (χ2v) is 6.80. The number of benzene rings is 1. The van der Waals surface area contributed by atoms with Crippen LogP contribution in [0.3, 0.4) is 0 Å². The molecule has 0 bridgehead atoms. The van der Waals surface area contributed by atoms with Crippen LogP contribution in [0.5, 0.6) is 0 Å². The molecule has 1 amide bonds. The van der Waals surface area contributed by atoms with Crippen LogP contribution < -0.4 is 10.6 Å². The van der Waals surface area contributed by atoms with E-state index < -0.39 is 0 Å². The average molecular weight is 304 g/mol. The highest BCUT2D eigenvalue weighted by Crippen LogP contribution is 2.29. The van der Waals surface area contributed by atoms with Gasteiger partial charge in [-0.2, -0.15) is 0 Å². The van der Waals surface area contributed by atoms with Gasteiger partial charge in [0, 0.05) is 24.2 Å². The van der Waals surface area contributed by atoms with Gasteiger partial charge in [-0.05, 0) is 36.5 Å². The average Bonchev–Trinajstić information content (AvgIpc) is 3.00. The molecular weight excluding hydrogens is 276 g/mol. The van der Waals surface area contributed by atoms with E-state index in [1.807, 2.05) is 24.3 Å². The fourth-order valence-electron chi connectivity index (χ4n) is 2.95. The van der Waals surface area contributed by atoms with E-state index in [4.69, 9.17) is 0 Å². The molecule has 0 unspecified atom stereocenters. The number of carbonyl (C=O) groups is 1. The lowest BCUT2D eigenvalue weighted by Gasteiger charge is -2.28. The molecular formula is C18H28N2O2. The third-order valence-electron chi connectivity index (χ3n) is 4.39. The molecule has 0 radical (unpaired) electrons. The summed E-state index contributed by atoms with van der Waals surface area (Å²) >= 11 is 0. The van der Waals surface area contributed by atoms with Gasteiger partial charge in [0.2, 0.25) is 0 Å². The van der Waals surface area contributed by atoms with Crippen molar-refractivity contribution in [3.63, 3.8) is 0 Å². The van der Waals surface area contributed by atoms with Gasteiger partial charge in [0.25, 0.3) is 5.91 Å². The molecule has 122 valence electrons. The van der Waals surface area contributed by atoms with Crippen molar-refractivity contribution in [2.24, 2.45) is 5.92 Å². The van der Waals surface area contributed by atoms with E-state index in [9.17, 15) is 9.90 Å². The Bertz CT molecular complexity index is 494. The van der Waals surface area contributed by atoms with Crippen LogP contribution >= 0.6 is 0 Å². The van der Waals surface area contributed by atoms with Crippen LogP contribution in [0.1, 0.15) is 55.5 Å². The molecule has 3 N–H and O–H groups in total. The molecule has 1 aromatic carbocycles. The van der Waals surface area contributed by atoms with Crippen molar-refractivity contribution in [3.8, 4) is 0 Å². The van der Waals surface area contributed by atoms with Crippen molar-refractivity contribution >= 4 is 5.91 Å². The van der Waals surface area contributed by atoms with Crippen molar-refractivity contribution in [2.45, 2.75) is 51.6 Å². The fraction of sp³-hybridized carbons (Fsp3) is 0.611. The summed E-state index contributed by atoms with van der Waals surface area (Å²) in [6.45, 7) is 5.72. The van der Waals surface area contributed by atoms with E-state index in [2.05, 4.69) is 24.5 Å². The van der Waals surface area contributed by atoms with E-state index in [0.717, 1.165) is 18.4 Å². The van der Waals surface area contributed by atoms with Crippen LogP contribution in [0.4, 0.5) is 0 Å². The number of nitrogens with one attached hydrogen (secondary N) is 2. The Morgan fingerprint density at radius 2 is 2.05 bits per heavy atom. The minimum Gasteiger partial charge on any atom is -0.394 e. The Balaban J connectivity index is 1.95. The third-order valence-corrected chi connectivity index (χ3v) is 4.39. The normalized spacial score (nSPS) is 16.9. The minimum atomic E-state index is -0.129. The highest BCUT2D eigenvalue weighted by Gasteiger charge is 2.32. The molecule has 1 aliphatic carbocycles. The molecule has 0 spiro atoms. The van der Waals surface area contributed by atoms with Crippen LogP contribution in [0.25, 0.3) is 0 Å². The molecule has 1 aromatic rings. The van der Waals surface area contributed by atoms with E-state index in [-0.39, 0.29) is 18.1 Å². The van der Waals surface area contributed by atoms with Crippen molar-refractivity contribution in [1.29, 1.82) is 0 Å². The van der Waals surface area contributed by atoms with Crippen molar-refractivity contribution in [2.75, 3.05) is 13.2 Å². The lowest BCUT2D eigenvalue weighted by atomic mass is 9.98. The lowest BCUT2D eigenvalue weighted by molar-refractivity contribution is 0.0949. The Morgan fingerprint density at radius 1 is 1.32 bits per heavy atom. The van der Waals surface area contributed by atoms with Gasteiger partial charge in [0.05, 0.1) is 6.61 Å². The maximum atomic E-state index is 12.1. The van der Waals surface area contributed by atoms with E-state index in [1.54, 1.807) is 0 Å². The maximum absolute atomic E-state index is 12.1. The van der Waals surface area contributed by atoms with E-state index in [1.165, 1.54) is 12.8 Å². The van der Waals surface area contributed by atoms with Crippen LogP contribution in [0.2, 0.25) is 0 Å². The summed E-state index contributed by atoms with van der Waals surface area (Å²) in [6, 6.07) is 7.72. The lowest BCUT2D eigenvalue weighted by Crippen LogP contribution is -2.45. The molecule has 4 heteroatoms. The number of amides is 1. The first-order valence-corrected chi connectivity index (χ1v) is 8.28. The molecule has 1 fully saturated rings. The largest absolute Gasteiger partial charge is 0.394 e. The number of rotatable bonds is 7. The molecule has 0 atom stereocenters. The van der Waals surface area contributed by atoms with Crippen molar-refractivity contribution < 1.29 is 9.90 Å². The summed E-state index contributed by atoms with van der Waals surface area (Å²) < 4.78 is 0. The zero-order chi connectivity index (χ0) is 16.0. The third kappa shape index (κ3) is 4.55. The molecule has 0 aromatic heterocycles. The standard InChI is InChI=1S/C18H28N2O2/c1-14(2)11-19-17(22)16-7-5-6-15(10-16)12-20-18(13-21)8-3-4-9-18/h5-7,10,14,20-21H,3-4,8-9,11-13H2,1-2H3,(H,19,22). The first-order valence-electron chi connectivity index (χ1n) is 8.28. The van der Waals surface area contributed by atoms with Gasteiger partial charge in [0.1, 0.15) is 0 Å². The zero-order valence-corrected chi connectivity index (χ0v) is 13.7. The number of hydrogen-bond acceptors (Lipinski definition) is 3. The quantitative estimate of drug-likeness (QED) is 0.725. The van der Waals surface area contributed by atoms with Gasteiger partial charge in [-0.25, -0.2) is 0 Å². The van der Waals surface area contributed by atoms with Gasteiger partial charge in [-0.15, -0.1) is 0 Å². The number of aliphatic hydroxyl groups is 1. The maximum Gasteiger partial charge on any atom is 0.251 e. The summed E-state index contributed by atoms with van der Waals surface area (Å²) in [5, 5.41) is 16.1. The second kappa shape index (κ2) is 7.75. The monoisotopic (exact) mass is 304 g/mol. The molecule has 0 aliphatic heterocycles. The van der Waals surface area contributed by atoms with Gasteiger partial charge in [-0.1, -0.05) is 38.8 Å². The van der Waals surface area contributed by atoms with Gasteiger partial charge in [0.15, 0.2) is 0 Å². The van der Waals surface area contributed by atoms with Crippen molar-refractivity contribution in [3.05, 3.63) is 35.4 Å². The first-order chi connectivity index (χ1) is 10.5. The minimum absolute atomic E-state index is 0.0201. The highest BCUT2D eigenvalue weighted by molar-refractivity contribution is 5.94. The van der Waals surface area contributed by atoms with Crippen LogP contribution in [0.15, 0.2) is 24.3 Å². The number of hydrogen-bond donors (Lipinski definition) is 3. The summed E-state index contributed by atoms with van der Waals surface area (Å²) in [4.78, 5) is 12.1. The van der Waals surface area contributed by atoms with E-state index >= 15 is 0 Å². The Labute approximate surface area is 133 Å². The summed E-state index contributed by atoms with van der Waals surface area (Å²) in [5.74, 6) is 0.425. The van der Waals surface area contributed by atoms with Crippen LogP contribution in [-0.4, -0.2) is 29.7 Å². The van der Waals surface area contributed by atoms with Crippen molar-refractivity contribution in [1.82, 2.24) is 10.6 Å². The first kappa shape index (κ1) is 17.0. The molecule has 0 saturated heterocycles. The Kier molecular flexibility index (Phi) is 5.98. The van der Waals surface area contributed by atoms with Gasteiger partial charge in [-0.3, -0.25) is 4.79 Å². The molecule has 0 heterocycles. The molecule has 4 nitrogen and oxygen atoms in total. The molecule has 2 rings (SSSR count). The smallest absolute Gasteiger partial charge is 0.251 e. The predicted octanol–water partition coefficient (Wildman–Crippen LogP) is 2.47. The molecule has 1 aliphatic rings. The second-order valence-electron chi connectivity index (χ2n) is 6.80. The molecule has 22 heavy (non-hydrogen) atoms. The SMILES string of the molecule is CC(C)CNC(=O)c1cccc(CNC2(CO)CCCC2)c1. The fourth-order valence-corrected chi connectivity index (χ4v) is 2.95. The summed E-state index contributed by atoms with van der Waals surface area (Å²) in [5.41, 5.74) is 1.65. The predicted molar refractivity (Wildman–Crippen MR) is 88.7 cm³/mol. The van der Waals surface area contributed by atoms with E-state index in [0.29, 0.717) is 24.6 Å². The highest BCUT2D eigenvalue weighted by atomic mass is 16.3. The van der Waals surface area contributed by atoms with Gasteiger partial charge >= 0.3 is 0 Å². The summed E-state index contributed by atoms with van der Waals surface area (Å²) in [7, 11) is 0. The molecule has 1 saturated carbocycles. The Hall–Kier alpha value is -1.39. The number of aliphatic hydroxyl groups excluding tert-OH is 1. The van der Waals surface area contributed by atoms with Crippen LogP contribution in [-0.2, 0) is 6.54 Å². The van der Waals surface area contributed by atoms with Crippen LogP contribution in [0, 0.1) is 5.92 Å².